The summed E-state index contributed by atoms with van der Waals surface area (Å²) in [4.78, 5) is 27.9. The fourth-order valence-electron chi connectivity index (χ4n) is 2.15. The van der Waals surface area contributed by atoms with Gasteiger partial charge in [0.25, 0.3) is 5.91 Å². The van der Waals surface area contributed by atoms with Crippen molar-refractivity contribution in [3.8, 4) is 11.8 Å². The molecule has 0 spiro atoms. The molecule has 0 radical (unpaired) electrons. The van der Waals surface area contributed by atoms with Crippen LogP contribution in [-0.4, -0.2) is 41.7 Å². The van der Waals surface area contributed by atoms with Crippen molar-refractivity contribution in [1.82, 2.24) is 10.3 Å². The highest BCUT2D eigenvalue weighted by Crippen LogP contribution is 2.21. The van der Waals surface area contributed by atoms with Crippen LogP contribution in [0.3, 0.4) is 0 Å². The van der Waals surface area contributed by atoms with E-state index in [0.29, 0.717) is 6.42 Å². The quantitative estimate of drug-likeness (QED) is 0.795. The number of pyridine rings is 1. The first kappa shape index (κ1) is 17.7. The van der Waals surface area contributed by atoms with Gasteiger partial charge < -0.3 is 19.9 Å². The number of nitrogens with zero attached hydrogens (tertiary/aromatic N) is 1. The molecular formula is C15H22N2O5. The Morgan fingerprint density at radius 3 is 2.14 bits per heavy atom. The second kappa shape index (κ2) is 7.11. The molecule has 0 saturated heterocycles. The molecule has 7 nitrogen and oxygen atoms in total. The molecule has 0 bridgehead atoms. The lowest BCUT2D eigenvalue weighted by Gasteiger charge is -2.28. The topological polar surface area (TPSA) is 97.8 Å². The van der Waals surface area contributed by atoms with Crippen LogP contribution in [0.4, 0.5) is 0 Å². The molecule has 0 aliphatic carbocycles. The Labute approximate surface area is 129 Å². The van der Waals surface area contributed by atoms with Crippen molar-refractivity contribution in [1.29, 1.82) is 0 Å². The van der Waals surface area contributed by atoms with Gasteiger partial charge in [-0.15, -0.1) is 0 Å². The second-order valence-electron chi connectivity index (χ2n) is 5.63. The molecule has 0 aliphatic heterocycles. The molecule has 1 rings (SSSR count). The lowest BCUT2D eigenvalue weighted by atomic mass is 9.90. The maximum atomic E-state index is 12.4. The highest BCUT2D eigenvalue weighted by molar-refractivity contribution is 5.98. The number of carboxylic acid groups (broad SMARTS) is 1. The Bertz CT molecular complexity index is 537. The number of amides is 1. The van der Waals surface area contributed by atoms with Crippen LogP contribution in [-0.2, 0) is 4.79 Å². The summed E-state index contributed by atoms with van der Waals surface area (Å²) in [6.07, 6.45) is 0.313. The average Bonchev–Trinajstić information content (AvgIpc) is 2.45. The van der Waals surface area contributed by atoms with Gasteiger partial charge in [-0.25, -0.2) is 4.79 Å². The minimum absolute atomic E-state index is 0.114. The normalized spacial score (nSPS) is 13.4. The highest BCUT2D eigenvalue weighted by atomic mass is 16.5. The molecule has 22 heavy (non-hydrogen) atoms. The van der Waals surface area contributed by atoms with E-state index in [0.717, 1.165) is 0 Å². The number of carbonyl (C=O) groups excluding carboxylic acids is 1. The Hall–Kier alpha value is -2.31. The van der Waals surface area contributed by atoms with E-state index in [4.69, 9.17) is 9.47 Å². The van der Waals surface area contributed by atoms with Crippen molar-refractivity contribution in [3.05, 3.63) is 17.7 Å². The molecule has 0 aliphatic rings. The van der Waals surface area contributed by atoms with E-state index in [1.54, 1.807) is 0 Å². The summed E-state index contributed by atoms with van der Waals surface area (Å²) < 4.78 is 10.0. The summed E-state index contributed by atoms with van der Waals surface area (Å²) in [5, 5.41) is 12.0. The molecule has 1 aromatic heterocycles. The van der Waals surface area contributed by atoms with Crippen LogP contribution in [0.5, 0.6) is 11.8 Å². The number of aromatic nitrogens is 1. The van der Waals surface area contributed by atoms with E-state index in [1.165, 1.54) is 33.3 Å². The van der Waals surface area contributed by atoms with Gasteiger partial charge in [0.1, 0.15) is 5.54 Å². The predicted molar refractivity (Wildman–Crippen MR) is 80.3 cm³/mol. The summed E-state index contributed by atoms with van der Waals surface area (Å²) in [6.45, 7) is 5.28. The van der Waals surface area contributed by atoms with Gasteiger partial charge >= 0.3 is 5.97 Å². The molecule has 7 heteroatoms. The number of methoxy groups -OCH3 is 2. The number of aliphatic carboxylic acids is 1. The third kappa shape index (κ3) is 4.34. The number of carbonyl (C=O) groups is 2. The molecule has 1 heterocycles. The molecule has 0 unspecified atom stereocenters. The Morgan fingerprint density at radius 1 is 1.27 bits per heavy atom. The lowest BCUT2D eigenvalue weighted by Crippen LogP contribution is -2.53. The SMILES string of the molecule is COc1cc(C(=O)N[C@](C)(CC(C)C)C(=O)O)cc(OC)n1. The summed E-state index contributed by atoms with van der Waals surface area (Å²) >= 11 is 0. The van der Waals surface area contributed by atoms with E-state index in [-0.39, 0.29) is 23.2 Å². The van der Waals surface area contributed by atoms with Gasteiger partial charge in [0, 0.05) is 12.1 Å². The third-order valence-corrected chi connectivity index (χ3v) is 3.14. The van der Waals surface area contributed by atoms with Crippen molar-refractivity contribution in [2.75, 3.05) is 14.2 Å². The molecule has 1 atom stereocenters. The fourth-order valence-corrected chi connectivity index (χ4v) is 2.15. The summed E-state index contributed by atoms with van der Waals surface area (Å²) in [7, 11) is 2.84. The van der Waals surface area contributed by atoms with Crippen molar-refractivity contribution in [3.63, 3.8) is 0 Å². The zero-order valence-electron chi connectivity index (χ0n) is 13.5. The van der Waals surface area contributed by atoms with Gasteiger partial charge in [0.15, 0.2) is 0 Å². The highest BCUT2D eigenvalue weighted by Gasteiger charge is 2.35. The Morgan fingerprint density at radius 2 is 1.77 bits per heavy atom. The zero-order valence-corrected chi connectivity index (χ0v) is 13.5. The van der Waals surface area contributed by atoms with Gasteiger partial charge in [0.2, 0.25) is 11.8 Å². The number of hydrogen-bond acceptors (Lipinski definition) is 5. The second-order valence-corrected chi connectivity index (χ2v) is 5.63. The first-order valence-corrected chi connectivity index (χ1v) is 6.88. The summed E-state index contributed by atoms with van der Waals surface area (Å²) in [5.74, 6) is -1.06. The largest absolute Gasteiger partial charge is 0.481 e. The molecule has 2 N–H and O–H groups in total. The van der Waals surface area contributed by atoms with E-state index in [1.807, 2.05) is 13.8 Å². The average molecular weight is 310 g/mol. The van der Waals surface area contributed by atoms with E-state index >= 15 is 0 Å². The van der Waals surface area contributed by atoms with Crippen LogP contribution in [0.1, 0.15) is 37.6 Å². The van der Waals surface area contributed by atoms with Gasteiger partial charge in [0.05, 0.1) is 19.8 Å². The third-order valence-electron chi connectivity index (χ3n) is 3.14. The fraction of sp³-hybridized carbons (Fsp3) is 0.533. The molecule has 1 amide bonds. The van der Waals surface area contributed by atoms with E-state index in [9.17, 15) is 14.7 Å². The maximum Gasteiger partial charge on any atom is 0.329 e. The summed E-state index contributed by atoms with van der Waals surface area (Å²) in [5.41, 5.74) is -1.13. The maximum absolute atomic E-state index is 12.4. The van der Waals surface area contributed by atoms with Crippen LogP contribution >= 0.6 is 0 Å². The molecule has 0 aromatic carbocycles. The van der Waals surface area contributed by atoms with Gasteiger partial charge in [-0.2, -0.15) is 4.98 Å². The zero-order chi connectivity index (χ0) is 16.9. The van der Waals surface area contributed by atoms with E-state index < -0.39 is 17.4 Å². The van der Waals surface area contributed by atoms with Gasteiger partial charge in [-0.1, -0.05) is 13.8 Å². The van der Waals surface area contributed by atoms with Crippen molar-refractivity contribution in [2.24, 2.45) is 5.92 Å². The minimum atomic E-state index is -1.35. The molecular weight excluding hydrogens is 288 g/mol. The van der Waals surface area contributed by atoms with Gasteiger partial charge in [-0.3, -0.25) is 4.79 Å². The lowest BCUT2D eigenvalue weighted by molar-refractivity contribution is -0.144. The number of carboxylic acids is 1. The Balaban J connectivity index is 3.07. The van der Waals surface area contributed by atoms with Crippen LogP contribution in [0.15, 0.2) is 12.1 Å². The van der Waals surface area contributed by atoms with Gasteiger partial charge in [-0.05, 0) is 19.3 Å². The smallest absolute Gasteiger partial charge is 0.329 e. The number of nitrogens with one attached hydrogen (secondary N) is 1. The molecule has 0 fully saturated rings. The standard InChI is InChI=1S/C15H22N2O5/c1-9(2)8-15(3,14(19)20)17-13(18)10-6-11(21-4)16-12(7-10)22-5/h6-7,9H,8H2,1-5H3,(H,17,18)(H,19,20)/t15-/m1/s1. The van der Waals surface area contributed by atoms with Crippen LogP contribution < -0.4 is 14.8 Å². The Kier molecular flexibility index (Phi) is 5.73. The van der Waals surface area contributed by atoms with Crippen LogP contribution in [0.2, 0.25) is 0 Å². The molecule has 122 valence electrons. The minimum Gasteiger partial charge on any atom is -0.481 e. The van der Waals surface area contributed by atoms with E-state index in [2.05, 4.69) is 10.3 Å². The van der Waals surface area contributed by atoms with Crippen LogP contribution in [0, 0.1) is 5.92 Å². The molecule has 1 aromatic rings. The van der Waals surface area contributed by atoms with Crippen molar-refractivity contribution < 1.29 is 24.2 Å². The number of hydrogen-bond donors (Lipinski definition) is 2. The predicted octanol–water partition coefficient (Wildman–Crippen LogP) is 1.72. The monoisotopic (exact) mass is 310 g/mol. The molecule has 0 saturated carbocycles. The first-order valence-electron chi connectivity index (χ1n) is 6.88. The van der Waals surface area contributed by atoms with Crippen molar-refractivity contribution >= 4 is 11.9 Å². The van der Waals surface area contributed by atoms with Crippen molar-refractivity contribution in [2.45, 2.75) is 32.7 Å². The number of rotatable bonds is 7. The first-order chi connectivity index (χ1) is 10.2. The van der Waals surface area contributed by atoms with Crippen LogP contribution in [0.25, 0.3) is 0 Å². The number of ether oxygens (including phenoxy) is 2. The summed E-state index contributed by atoms with van der Waals surface area (Å²) in [6, 6.07) is 2.85.